The predicted molar refractivity (Wildman–Crippen MR) is 155 cm³/mol. The molecule has 0 radical (unpaired) electrons. The zero-order chi connectivity index (χ0) is 29.4. The van der Waals surface area contributed by atoms with Crippen molar-refractivity contribution in [2.45, 2.75) is 95.8 Å². The summed E-state index contributed by atoms with van der Waals surface area (Å²) in [5.41, 5.74) is 2.65. The topological polar surface area (TPSA) is 111 Å². The Labute approximate surface area is 242 Å². The van der Waals surface area contributed by atoms with Gasteiger partial charge in [0.15, 0.2) is 5.60 Å². The Kier molecular flexibility index (Phi) is 6.57. The Balaban J connectivity index is 1.51. The van der Waals surface area contributed by atoms with Gasteiger partial charge in [-0.3, -0.25) is 9.59 Å². The first-order chi connectivity index (χ1) is 19.3. The number of hydrogen-bond donors (Lipinski definition) is 3. The highest BCUT2D eigenvalue weighted by Crippen LogP contribution is 2.46. The molecule has 0 unspecified atom stereocenters. The first-order valence-electron chi connectivity index (χ1n) is 14.2. The van der Waals surface area contributed by atoms with E-state index < -0.39 is 11.6 Å². The SMILES string of the molecule is CC[C@@]1(O)C(=O)OCc2c1cc1n(c2=O)Cc2c-1nc1cc(F)c(C)c3c1c2[C@@H](NC(=O)CCCC(C)(C)S)CC3. The van der Waals surface area contributed by atoms with Crippen LogP contribution in [0.25, 0.3) is 22.3 Å². The fourth-order valence-corrected chi connectivity index (χ4v) is 6.81. The van der Waals surface area contributed by atoms with Crippen LogP contribution in [0.15, 0.2) is 16.9 Å². The molecule has 10 heteroatoms. The number of aliphatic hydroxyl groups is 1. The lowest BCUT2D eigenvalue weighted by atomic mass is 9.81. The molecular formula is C31H34FN3O5S. The second-order valence-electron chi connectivity index (χ2n) is 12.1. The summed E-state index contributed by atoms with van der Waals surface area (Å²) in [6.45, 7) is 7.45. The average molecular weight is 580 g/mol. The highest BCUT2D eigenvalue weighted by Gasteiger charge is 2.46. The molecule has 216 valence electrons. The third-order valence-corrected chi connectivity index (χ3v) is 9.13. The largest absolute Gasteiger partial charge is 0.458 e. The minimum Gasteiger partial charge on any atom is -0.458 e. The number of nitrogens with zero attached hydrogens (tertiary/aromatic N) is 2. The lowest BCUT2D eigenvalue weighted by Gasteiger charge is -2.31. The van der Waals surface area contributed by atoms with E-state index in [9.17, 15) is 19.5 Å². The van der Waals surface area contributed by atoms with Crippen LogP contribution in [0.1, 0.15) is 92.3 Å². The van der Waals surface area contributed by atoms with E-state index in [-0.39, 0.29) is 58.8 Å². The van der Waals surface area contributed by atoms with Crippen molar-refractivity contribution in [2.75, 3.05) is 0 Å². The number of halogens is 1. The van der Waals surface area contributed by atoms with Gasteiger partial charge in [0.05, 0.1) is 35.1 Å². The van der Waals surface area contributed by atoms with E-state index in [0.717, 1.165) is 28.5 Å². The van der Waals surface area contributed by atoms with Gasteiger partial charge in [-0.25, -0.2) is 14.2 Å². The van der Waals surface area contributed by atoms with Gasteiger partial charge in [0.1, 0.15) is 12.4 Å². The maximum absolute atomic E-state index is 15.1. The van der Waals surface area contributed by atoms with Crippen LogP contribution in [-0.2, 0) is 39.5 Å². The highest BCUT2D eigenvalue weighted by atomic mass is 32.1. The van der Waals surface area contributed by atoms with E-state index in [0.29, 0.717) is 48.2 Å². The molecule has 4 heterocycles. The van der Waals surface area contributed by atoms with Gasteiger partial charge >= 0.3 is 5.97 Å². The fraction of sp³-hybridized carbons (Fsp3) is 0.484. The molecule has 2 aromatic heterocycles. The summed E-state index contributed by atoms with van der Waals surface area (Å²) in [7, 11) is 0. The molecule has 0 spiro atoms. The highest BCUT2D eigenvalue weighted by molar-refractivity contribution is 7.81. The number of amides is 1. The standard InChI is InChI=1S/C31H34FN3O5S/c1-5-31(39)19-11-23-27-17(13-35(23)28(37)18(19)14-40-29(31)38)26-21(33-24(36)7-6-10-30(3,4)41)9-8-16-15(2)20(32)12-22(34-27)25(16)26/h11-12,21,39,41H,5-10,13-14H2,1-4H3,(H,33,36)/t21-,31-/m0/s1. The van der Waals surface area contributed by atoms with Gasteiger partial charge in [-0.2, -0.15) is 12.6 Å². The predicted octanol–water partition coefficient (Wildman–Crippen LogP) is 4.51. The van der Waals surface area contributed by atoms with Gasteiger partial charge in [0.25, 0.3) is 5.56 Å². The first-order valence-corrected chi connectivity index (χ1v) is 14.6. The third kappa shape index (κ3) is 4.37. The molecule has 2 aliphatic heterocycles. The normalized spacial score (nSPS) is 20.9. The number of rotatable bonds is 6. The van der Waals surface area contributed by atoms with Crippen LogP contribution in [0, 0.1) is 12.7 Å². The van der Waals surface area contributed by atoms with E-state index in [1.54, 1.807) is 24.5 Å². The smallest absolute Gasteiger partial charge is 0.343 e. The molecule has 0 fully saturated rings. The number of benzene rings is 1. The molecule has 1 amide bonds. The molecule has 0 bridgehead atoms. The molecule has 8 nitrogen and oxygen atoms in total. The Bertz CT molecular complexity index is 1710. The molecule has 6 rings (SSSR count). The zero-order valence-corrected chi connectivity index (χ0v) is 24.6. The lowest BCUT2D eigenvalue weighted by molar-refractivity contribution is -0.172. The monoisotopic (exact) mass is 579 g/mol. The van der Waals surface area contributed by atoms with Crippen LogP contribution in [0.4, 0.5) is 4.39 Å². The van der Waals surface area contributed by atoms with Crippen molar-refractivity contribution in [1.82, 2.24) is 14.9 Å². The molecule has 0 saturated carbocycles. The van der Waals surface area contributed by atoms with Crippen LogP contribution in [0.5, 0.6) is 0 Å². The maximum Gasteiger partial charge on any atom is 0.343 e. The van der Waals surface area contributed by atoms with Gasteiger partial charge < -0.3 is 19.7 Å². The average Bonchev–Trinajstić information content (AvgIpc) is 3.28. The van der Waals surface area contributed by atoms with Crippen molar-refractivity contribution in [3.63, 3.8) is 0 Å². The van der Waals surface area contributed by atoms with Gasteiger partial charge in [-0.15, -0.1) is 0 Å². The summed E-state index contributed by atoms with van der Waals surface area (Å²) < 4.78 is 21.7. The number of cyclic esters (lactones) is 1. The number of carbonyl (C=O) groups is 2. The van der Waals surface area contributed by atoms with Crippen molar-refractivity contribution < 1.29 is 23.8 Å². The summed E-state index contributed by atoms with van der Waals surface area (Å²) in [5, 5.41) is 15.2. The van der Waals surface area contributed by atoms with E-state index in [1.807, 2.05) is 13.8 Å². The minimum atomic E-state index is -1.94. The minimum absolute atomic E-state index is 0.0390. The Morgan fingerprint density at radius 1 is 1.29 bits per heavy atom. The molecule has 41 heavy (non-hydrogen) atoms. The fourth-order valence-electron chi connectivity index (χ4n) is 6.65. The third-order valence-electron chi connectivity index (χ3n) is 8.91. The summed E-state index contributed by atoms with van der Waals surface area (Å²) in [5.74, 6) is -1.21. The van der Waals surface area contributed by atoms with Crippen LogP contribution in [-0.4, -0.2) is 31.3 Å². The van der Waals surface area contributed by atoms with E-state index in [2.05, 4.69) is 17.9 Å². The molecule has 3 aliphatic rings. The van der Waals surface area contributed by atoms with Gasteiger partial charge in [0, 0.05) is 33.7 Å². The van der Waals surface area contributed by atoms with Gasteiger partial charge in [-0.1, -0.05) is 20.8 Å². The first kappa shape index (κ1) is 27.9. The van der Waals surface area contributed by atoms with Crippen molar-refractivity contribution in [2.24, 2.45) is 0 Å². The second kappa shape index (κ2) is 9.66. The summed E-state index contributed by atoms with van der Waals surface area (Å²) in [4.78, 5) is 44.2. The van der Waals surface area contributed by atoms with E-state index >= 15 is 4.39 Å². The number of carbonyl (C=O) groups excluding carboxylic acids is 2. The van der Waals surface area contributed by atoms with Gasteiger partial charge in [-0.05, 0) is 61.8 Å². The molecule has 3 aromatic rings. The number of fused-ring (bicyclic) bond motifs is 5. The summed E-state index contributed by atoms with van der Waals surface area (Å²) in [6, 6.07) is 2.73. The van der Waals surface area contributed by atoms with Crippen molar-refractivity contribution >= 4 is 35.4 Å². The number of aryl methyl sites for hydroxylation is 1. The Morgan fingerprint density at radius 2 is 2.05 bits per heavy atom. The molecule has 0 saturated heterocycles. The molecule has 2 N–H and O–H groups in total. The maximum atomic E-state index is 15.1. The van der Waals surface area contributed by atoms with Crippen LogP contribution >= 0.6 is 12.6 Å². The van der Waals surface area contributed by atoms with Crippen LogP contribution < -0.4 is 10.9 Å². The number of ether oxygens (including phenoxy) is 1. The second-order valence-corrected chi connectivity index (χ2v) is 13.3. The summed E-state index contributed by atoms with van der Waals surface area (Å²) >= 11 is 4.56. The van der Waals surface area contributed by atoms with Crippen LogP contribution in [0.3, 0.4) is 0 Å². The van der Waals surface area contributed by atoms with Crippen molar-refractivity contribution in [3.8, 4) is 11.4 Å². The van der Waals surface area contributed by atoms with Crippen molar-refractivity contribution in [3.05, 3.63) is 61.7 Å². The van der Waals surface area contributed by atoms with Gasteiger partial charge in [0.2, 0.25) is 5.91 Å². The quantitative estimate of drug-likeness (QED) is 0.229. The lowest BCUT2D eigenvalue weighted by Crippen LogP contribution is -2.44. The number of pyridine rings is 2. The number of esters is 1. The molecule has 2 atom stereocenters. The zero-order valence-electron chi connectivity index (χ0n) is 23.7. The number of hydrogen-bond acceptors (Lipinski definition) is 7. The van der Waals surface area contributed by atoms with Crippen LogP contribution in [0.2, 0.25) is 0 Å². The molecule has 1 aliphatic carbocycles. The Hall–Kier alpha value is -3.24. The van der Waals surface area contributed by atoms with E-state index in [4.69, 9.17) is 9.72 Å². The Morgan fingerprint density at radius 3 is 2.76 bits per heavy atom. The van der Waals surface area contributed by atoms with E-state index in [1.165, 1.54) is 6.07 Å². The van der Waals surface area contributed by atoms with Crippen molar-refractivity contribution in [1.29, 1.82) is 0 Å². The molecular weight excluding hydrogens is 545 g/mol. The summed E-state index contributed by atoms with van der Waals surface area (Å²) in [6.07, 6.45) is 3.08. The molecule has 1 aromatic carbocycles. The number of nitrogens with one attached hydrogen (secondary N) is 1. The number of thiol groups is 1. The number of aromatic nitrogens is 2.